The molecular weight excluding hydrogens is 1170 g/mol. The van der Waals surface area contributed by atoms with Crippen LogP contribution in [0.2, 0.25) is 0 Å². The van der Waals surface area contributed by atoms with E-state index in [1.54, 1.807) is 32.9 Å². The van der Waals surface area contributed by atoms with Gasteiger partial charge in [0, 0.05) is 24.0 Å². The second-order valence-electron chi connectivity index (χ2n) is 22.4. The molecule has 0 fully saturated rings. The summed E-state index contributed by atoms with van der Waals surface area (Å²) in [6, 6.07) is 43.2. The highest BCUT2D eigenvalue weighted by Crippen LogP contribution is 2.38. The zero-order valence-corrected chi connectivity index (χ0v) is 52.2. The van der Waals surface area contributed by atoms with Crippen LogP contribution in [0, 0.1) is 34.6 Å². The quantitative estimate of drug-likeness (QED) is 0.0373. The van der Waals surface area contributed by atoms with Crippen LogP contribution in [0.15, 0.2) is 151 Å². The normalized spacial score (nSPS) is 11.7. The first-order valence-electron chi connectivity index (χ1n) is 27.7. The van der Waals surface area contributed by atoms with Gasteiger partial charge in [-0.05, 0) is 175 Å². The van der Waals surface area contributed by atoms with Gasteiger partial charge in [-0.3, -0.25) is 30.0 Å². The summed E-state index contributed by atoms with van der Waals surface area (Å²) in [5, 5.41) is 7.53. The number of hydrogen-bond acceptors (Lipinski definition) is 11. The number of carbonyl (C=O) groups excluding carboxylic acids is 5. The molecule has 0 spiro atoms. The Labute approximate surface area is 524 Å². The van der Waals surface area contributed by atoms with Crippen molar-refractivity contribution in [3.8, 4) is 11.5 Å². The number of hydrogen-bond donors (Lipinski definition) is 4. The number of aliphatic imine (C=N–C) groups is 1. The SMILES string of the molecule is C.Cc1cc(N)c(NC(=O)OC(C)(C)C)cc1C.Cc1cc(NC(=O)OC(C)(C)C)c(NC(=O)CC(=O)c2cccc(OCc3ccccc3)c2)cc1C(F)(F)F.Cc1cc2c(cc1C)N=C(c1cccc(OCc3ccccc3)c1)CC(=O)C2.ClCCl. The molecular formula is C69H78Cl2F3N5O9. The molecule has 5 N–H and O–H groups in total. The van der Waals surface area contributed by atoms with Crippen LogP contribution in [0.3, 0.4) is 0 Å². The fourth-order valence-electron chi connectivity index (χ4n) is 8.36. The second-order valence-corrected chi connectivity index (χ2v) is 23.2. The van der Waals surface area contributed by atoms with Crippen molar-refractivity contribution >= 4 is 87.0 Å². The Kier molecular flexibility index (Phi) is 26.8. The molecule has 1 aliphatic heterocycles. The van der Waals surface area contributed by atoms with Crippen molar-refractivity contribution in [2.24, 2.45) is 4.99 Å². The van der Waals surface area contributed by atoms with Crippen molar-refractivity contribution in [1.82, 2.24) is 0 Å². The van der Waals surface area contributed by atoms with E-state index in [1.807, 2.05) is 132 Å². The van der Waals surface area contributed by atoms with Crippen molar-refractivity contribution in [3.63, 3.8) is 0 Å². The molecule has 1 heterocycles. The lowest BCUT2D eigenvalue weighted by Gasteiger charge is -2.21. The first kappa shape index (κ1) is 71.8. The lowest BCUT2D eigenvalue weighted by atomic mass is 9.99. The van der Waals surface area contributed by atoms with Crippen LogP contribution in [-0.2, 0) is 44.9 Å². The van der Waals surface area contributed by atoms with E-state index < -0.39 is 53.2 Å². The molecule has 3 amide bonds. The number of nitrogen functional groups attached to an aromatic ring is 1. The third-order valence-electron chi connectivity index (χ3n) is 12.7. The van der Waals surface area contributed by atoms with Gasteiger partial charge in [0.05, 0.1) is 51.5 Å². The number of Topliss-reactive ketones (excluding diaryl/α,β-unsaturated/α-hetero) is 2. The smallest absolute Gasteiger partial charge is 0.416 e. The van der Waals surface area contributed by atoms with Gasteiger partial charge in [0.15, 0.2) is 5.78 Å². The number of halogens is 5. The van der Waals surface area contributed by atoms with Crippen molar-refractivity contribution in [2.75, 3.05) is 27.0 Å². The van der Waals surface area contributed by atoms with Gasteiger partial charge in [0.1, 0.15) is 41.7 Å². The number of benzene rings is 7. The Morgan fingerprint density at radius 1 is 0.568 bits per heavy atom. The van der Waals surface area contributed by atoms with Gasteiger partial charge in [-0.1, -0.05) is 98.4 Å². The molecule has 8 rings (SSSR count). The monoisotopic (exact) mass is 1250 g/mol. The van der Waals surface area contributed by atoms with Crippen LogP contribution in [0.4, 0.5) is 51.2 Å². The summed E-state index contributed by atoms with van der Waals surface area (Å²) in [7, 11) is 0. The number of nitrogens with one attached hydrogen (secondary N) is 3. The zero-order valence-electron chi connectivity index (χ0n) is 50.7. The van der Waals surface area contributed by atoms with Gasteiger partial charge in [0.25, 0.3) is 0 Å². The molecule has 7 aromatic rings. The Balaban J connectivity index is 0.000000294. The highest BCUT2D eigenvalue weighted by molar-refractivity contribution is 6.40. The van der Waals surface area contributed by atoms with Crippen molar-refractivity contribution in [1.29, 1.82) is 0 Å². The Bertz CT molecular complexity index is 3570. The third kappa shape index (κ3) is 23.9. The second kappa shape index (κ2) is 32.9. The van der Waals surface area contributed by atoms with Crippen molar-refractivity contribution in [2.45, 2.75) is 133 Å². The van der Waals surface area contributed by atoms with E-state index in [0.717, 1.165) is 56.6 Å². The Morgan fingerprint density at radius 2 is 1.05 bits per heavy atom. The number of amides is 3. The number of aryl methyl sites for hydroxylation is 5. The molecule has 19 heteroatoms. The predicted molar refractivity (Wildman–Crippen MR) is 347 cm³/mol. The molecule has 0 bridgehead atoms. The average molecular weight is 1250 g/mol. The largest absolute Gasteiger partial charge is 0.489 e. The highest BCUT2D eigenvalue weighted by Gasteiger charge is 2.34. The van der Waals surface area contributed by atoms with Gasteiger partial charge < -0.3 is 30.0 Å². The van der Waals surface area contributed by atoms with Crippen LogP contribution in [-0.4, -0.2) is 51.9 Å². The molecule has 14 nitrogen and oxygen atoms in total. The molecule has 0 saturated carbocycles. The van der Waals surface area contributed by atoms with Gasteiger partial charge in [-0.25, -0.2) is 9.59 Å². The van der Waals surface area contributed by atoms with Gasteiger partial charge >= 0.3 is 18.4 Å². The van der Waals surface area contributed by atoms with Crippen LogP contribution < -0.4 is 31.2 Å². The maximum atomic E-state index is 13.5. The molecule has 1 aliphatic rings. The average Bonchev–Trinajstić information content (AvgIpc) is 3.17. The van der Waals surface area contributed by atoms with Crippen LogP contribution in [0.5, 0.6) is 11.5 Å². The first-order chi connectivity index (χ1) is 40.9. The minimum Gasteiger partial charge on any atom is -0.489 e. The first-order valence-corrected chi connectivity index (χ1v) is 28.7. The zero-order chi connectivity index (χ0) is 64.2. The highest BCUT2D eigenvalue weighted by atomic mass is 35.5. The number of alkyl halides is 5. The molecule has 0 atom stereocenters. The topological polar surface area (TPSA) is 197 Å². The van der Waals surface area contributed by atoms with Crippen LogP contribution in [0.25, 0.3) is 0 Å². The predicted octanol–water partition coefficient (Wildman–Crippen LogP) is 18.0. The summed E-state index contributed by atoms with van der Waals surface area (Å²) in [4.78, 5) is 66.7. The maximum Gasteiger partial charge on any atom is 0.416 e. The molecule has 0 radical (unpaired) electrons. The fourth-order valence-corrected chi connectivity index (χ4v) is 8.36. The van der Waals surface area contributed by atoms with E-state index in [0.29, 0.717) is 42.6 Å². The van der Waals surface area contributed by atoms with E-state index in [2.05, 4.69) is 41.9 Å². The van der Waals surface area contributed by atoms with Crippen molar-refractivity contribution < 1.29 is 56.1 Å². The third-order valence-corrected chi connectivity index (χ3v) is 12.7. The maximum absolute atomic E-state index is 13.5. The summed E-state index contributed by atoms with van der Waals surface area (Å²) < 4.78 is 62.6. The number of ether oxygens (including phenoxy) is 4. The number of fused-ring (bicyclic) bond motifs is 1. The fraction of sp³-hybridized carbons (Fsp3) is 0.304. The molecule has 88 heavy (non-hydrogen) atoms. The number of ketones is 2. The lowest BCUT2D eigenvalue weighted by Crippen LogP contribution is -2.28. The van der Waals surface area contributed by atoms with Gasteiger partial charge in [-0.2, -0.15) is 13.2 Å². The number of nitrogens with two attached hydrogens (primary N) is 1. The summed E-state index contributed by atoms with van der Waals surface area (Å²) in [6.07, 6.45) is -5.98. The molecule has 468 valence electrons. The number of nitrogens with zero attached hydrogens (tertiary/aromatic N) is 1. The van der Waals surface area contributed by atoms with E-state index in [9.17, 15) is 37.1 Å². The Morgan fingerprint density at radius 3 is 1.59 bits per heavy atom. The molecule has 0 saturated heterocycles. The minimum absolute atomic E-state index is 0. The van der Waals surface area contributed by atoms with E-state index in [-0.39, 0.29) is 47.7 Å². The summed E-state index contributed by atoms with van der Waals surface area (Å²) >= 11 is 9.53. The van der Waals surface area contributed by atoms with E-state index in [4.69, 9.17) is 52.9 Å². The van der Waals surface area contributed by atoms with E-state index in [1.165, 1.54) is 30.2 Å². The number of rotatable bonds is 13. The summed E-state index contributed by atoms with van der Waals surface area (Å²) in [5.74, 6) is -0.0398. The molecule has 0 aliphatic carbocycles. The van der Waals surface area contributed by atoms with Gasteiger partial charge in [0.2, 0.25) is 5.91 Å². The lowest BCUT2D eigenvalue weighted by molar-refractivity contribution is -0.138. The van der Waals surface area contributed by atoms with Gasteiger partial charge in [-0.15, -0.1) is 23.2 Å². The standard InChI is InChI=1S/C29H29F3N2O5.C25H23NO2.C13H20N2O2.CH2Cl2.CH4/c1-18-13-23(34-27(37)39-28(2,3)4)24(15-22(18)29(30,31)32)33-26(36)16-25(35)20-11-8-12-21(14-20)38-17-19-9-6-5-7-10-19;1-17-11-21-13-22(27)15-25(26-24(21)12-18(17)2)20-9-6-10-23(14-20)28-16-19-7-4-3-5-8-19;1-8-6-10(14)11(7-9(8)2)15-12(16)17-13(3,4)5;2-1-3;/h5-15H,16-17H2,1-4H3,(H,33,36)(H,34,37);3-12,14H,13,15-16H2,1-2H3;6-7H,14H2,1-5H3,(H,15,16);1H2;1H4. The molecule has 0 unspecified atom stereocenters. The number of anilines is 4. The van der Waals surface area contributed by atoms with Crippen molar-refractivity contribution in [3.05, 3.63) is 207 Å². The number of carbonyl (C=O) groups is 5. The minimum atomic E-state index is -4.70. The molecule has 0 aromatic heterocycles. The summed E-state index contributed by atoms with van der Waals surface area (Å²) in [6.45, 7) is 20.4. The Hall–Kier alpha value is -8.67. The molecule has 7 aromatic carbocycles. The van der Waals surface area contributed by atoms with Crippen LogP contribution >= 0.6 is 23.2 Å². The van der Waals surface area contributed by atoms with E-state index >= 15 is 0 Å². The van der Waals surface area contributed by atoms with Crippen LogP contribution in [0.1, 0.15) is 128 Å². The summed E-state index contributed by atoms with van der Waals surface area (Å²) in [5.41, 5.74) is 14.4.